The molecule has 0 aromatic heterocycles. The maximum atomic E-state index is 2.58. The third-order valence-corrected chi connectivity index (χ3v) is 9.85. The Labute approximate surface area is 256 Å². The minimum Gasteiger partial charge on any atom is -0.0887 e. The molecule has 0 aliphatic carbocycles. The zero-order valence-electron chi connectivity index (χ0n) is 30.0. The first-order chi connectivity index (χ1) is 18.8. The van der Waals surface area contributed by atoms with Gasteiger partial charge in [-0.25, -0.2) is 0 Å². The summed E-state index contributed by atoms with van der Waals surface area (Å²) in [6.07, 6.45) is 31.2. The molecule has 4 atom stereocenters. The van der Waals surface area contributed by atoms with E-state index in [1.54, 1.807) is 11.1 Å². The van der Waals surface area contributed by atoms with Gasteiger partial charge in [0, 0.05) is 0 Å². The van der Waals surface area contributed by atoms with Gasteiger partial charge in [0.05, 0.1) is 0 Å². The van der Waals surface area contributed by atoms with Crippen molar-refractivity contribution in [2.24, 2.45) is 35.0 Å². The molecule has 0 N–H and O–H groups in total. The normalized spacial score (nSPS) is 16.4. The summed E-state index contributed by atoms with van der Waals surface area (Å²) in [7, 11) is 0. The summed E-state index contributed by atoms with van der Waals surface area (Å²) in [5.74, 6) is 4.47. The van der Waals surface area contributed by atoms with E-state index < -0.39 is 0 Å². The molecular formula is C40H78. The molecule has 0 bridgehead atoms. The molecule has 0 aromatic rings. The third kappa shape index (κ3) is 25.2. The first-order valence-electron chi connectivity index (χ1n) is 18.1. The van der Waals surface area contributed by atoms with Gasteiger partial charge in [0.25, 0.3) is 0 Å². The van der Waals surface area contributed by atoms with E-state index in [0.717, 1.165) is 29.6 Å². The Morgan fingerprint density at radius 2 is 0.900 bits per heavy atom. The predicted molar refractivity (Wildman–Crippen MR) is 186 cm³/mol. The Balaban J connectivity index is 3.95. The van der Waals surface area contributed by atoms with Crippen molar-refractivity contribution in [2.75, 3.05) is 0 Å². The highest BCUT2D eigenvalue weighted by atomic mass is 14.2. The zero-order valence-corrected chi connectivity index (χ0v) is 30.0. The molecule has 4 unspecified atom stereocenters. The number of hydrogen-bond donors (Lipinski definition) is 0. The fourth-order valence-electron chi connectivity index (χ4n) is 6.27. The molecule has 0 amide bonds. The quantitative estimate of drug-likeness (QED) is 0.0926. The van der Waals surface area contributed by atoms with Crippen LogP contribution in [0.3, 0.4) is 0 Å². The first kappa shape index (κ1) is 39.5. The number of allylic oxidation sites excluding steroid dienone is 4. The smallest absolute Gasteiger partial charge is 0.0296 e. The van der Waals surface area contributed by atoms with Crippen molar-refractivity contribution in [3.63, 3.8) is 0 Å². The molecule has 0 rings (SSSR count). The fraction of sp³-hybridized carbons (Fsp3) is 0.900. The topological polar surface area (TPSA) is 0 Å². The summed E-state index contributed by atoms with van der Waals surface area (Å²) in [6.45, 7) is 26.4. The SMILES string of the molecule is CC=C(C)CCCC(C)CCCC(C)CCCC(C)(C)CC=C(C)CCCC(C)CCCC(C)CCCC(C)C. The van der Waals surface area contributed by atoms with Gasteiger partial charge in [-0.15, -0.1) is 0 Å². The Bertz CT molecular complexity index is 632. The molecule has 238 valence electrons. The molecular weight excluding hydrogens is 480 g/mol. The van der Waals surface area contributed by atoms with Crippen molar-refractivity contribution in [2.45, 2.75) is 198 Å². The molecule has 0 fully saturated rings. The second-order valence-electron chi connectivity index (χ2n) is 15.8. The van der Waals surface area contributed by atoms with Crippen LogP contribution in [-0.4, -0.2) is 0 Å². The van der Waals surface area contributed by atoms with Gasteiger partial charge in [-0.3, -0.25) is 0 Å². The lowest BCUT2D eigenvalue weighted by Crippen LogP contribution is -2.11. The maximum absolute atomic E-state index is 2.58. The van der Waals surface area contributed by atoms with E-state index in [1.165, 1.54) is 122 Å². The van der Waals surface area contributed by atoms with Gasteiger partial charge in [-0.05, 0) is 94.3 Å². The summed E-state index contributed by atoms with van der Waals surface area (Å²) < 4.78 is 0. The van der Waals surface area contributed by atoms with E-state index in [0.29, 0.717) is 5.41 Å². The average molecular weight is 559 g/mol. The lowest BCUT2D eigenvalue weighted by molar-refractivity contribution is 0.306. The Morgan fingerprint density at radius 1 is 0.525 bits per heavy atom. The first-order valence-corrected chi connectivity index (χ1v) is 18.1. The fourth-order valence-corrected chi connectivity index (χ4v) is 6.27. The highest BCUT2D eigenvalue weighted by Gasteiger charge is 2.17. The number of rotatable bonds is 26. The van der Waals surface area contributed by atoms with Crippen molar-refractivity contribution in [3.05, 3.63) is 23.3 Å². The van der Waals surface area contributed by atoms with Crippen LogP contribution in [0.25, 0.3) is 0 Å². The molecule has 0 aliphatic heterocycles. The Kier molecular flexibility index (Phi) is 23.7. The summed E-state index contributed by atoms with van der Waals surface area (Å²) in [5.41, 5.74) is 3.63. The van der Waals surface area contributed by atoms with Gasteiger partial charge in [0.2, 0.25) is 0 Å². The second kappa shape index (κ2) is 24.0. The highest BCUT2D eigenvalue weighted by molar-refractivity contribution is 5.00. The van der Waals surface area contributed by atoms with E-state index in [9.17, 15) is 0 Å². The number of hydrogen-bond acceptors (Lipinski definition) is 0. The molecule has 40 heavy (non-hydrogen) atoms. The summed E-state index contributed by atoms with van der Waals surface area (Å²) in [6, 6.07) is 0. The van der Waals surface area contributed by atoms with Gasteiger partial charge >= 0.3 is 0 Å². The monoisotopic (exact) mass is 559 g/mol. The molecule has 0 saturated heterocycles. The molecule has 0 heterocycles. The molecule has 0 aromatic carbocycles. The van der Waals surface area contributed by atoms with Crippen molar-refractivity contribution < 1.29 is 0 Å². The highest BCUT2D eigenvalue weighted by Crippen LogP contribution is 2.31. The molecule has 0 saturated carbocycles. The second-order valence-corrected chi connectivity index (χ2v) is 15.8. The van der Waals surface area contributed by atoms with Crippen LogP contribution < -0.4 is 0 Å². The van der Waals surface area contributed by atoms with Crippen LogP contribution in [0, 0.1) is 35.0 Å². The van der Waals surface area contributed by atoms with Crippen LogP contribution in [0.2, 0.25) is 0 Å². The summed E-state index contributed by atoms with van der Waals surface area (Å²) >= 11 is 0. The Hall–Kier alpha value is -0.520. The summed E-state index contributed by atoms with van der Waals surface area (Å²) in [5, 5.41) is 0. The lowest BCUT2D eigenvalue weighted by atomic mass is 9.81. The van der Waals surface area contributed by atoms with Crippen molar-refractivity contribution in [3.8, 4) is 0 Å². The van der Waals surface area contributed by atoms with Gasteiger partial charge in [0.15, 0.2) is 0 Å². The van der Waals surface area contributed by atoms with Crippen LogP contribution in [0.4, 0.5) is 0 Å². The largest absolute Gasteiger partial charge is 0.0887 e. The van der Waals surface area contributed by atoms with Crippen LogP contribution in [-0.2, 0) is 0 Å². The van der Waals surface area contributed by atoms with E-state index >= 15 is 0 Å². The van der Waals surface area contributed by atoms with Crippen LogP contribution in [0.1, 0.15) is 198 Å². The molecule has 0 radical (unpaired) electrons. The van der Waals surface area contributed by atoms with Gasteiger partial charge < -0.3 is 0 Å². The standard InChI is InChI=1S/C40H78/c1-12-34(4)20-14-22-36(6)25-16-27-38(8)29-18-31-40(10,11)32-30-39(9)28-17-26-37(7)24-15-23-35(5)21-13-19-33(2)3/h12,30,33,35-38H,13-29,31-32H2,1-11H3. The minimum absolute atomic E-state index is 0.444. The van der Waals surface area contributed by atoms with Crippen LogP contribution >= 0.6 is 0 Å². The molecule has 0 aliphatic rings. The molecule has 0 spiro atoms. The Morgan fingerprint density at radius 3 is 1.32 bits per heavy atom. The van der Waals surface area contributed by atoms with Crippen molar-refractivity contribution in [1.29, 1.82) is 0 Å². The van der Waals surface area contributed by atoms with Gasteiger partial charge in [-0.2, -0.15) is 0 Å². The van der Waals surface area contributed by atoms with E-state index in [1.807, 2.05) is 0 Å². The summed E-state index contributed by atoms with van der Waals surface area (Å²) in [4.78, 5) is 0. The van der Waals surface area contributed by atoms with Crippen LogP contribution in [0.15, 0.2) is 23.3 Å². The van der Waals surface area contributed by atoms with Crippen LogP contribution in [0.5, 0.6) is 0 Å². The van der Waals surface area contributed by atoms with Crippen molar-refractivity contribution >= 4 is 0 Å². The zero-order chi connectivity index (χ0) is 30.4. The molecule has 0 nitrogen and oxygen atoms in total. The van der Waals surface area contributed by atoms with Gasteiger partial charge in [-0.1, -0.05) is 162 Å². The lowest BCUT2D eigenvalue weighted by Gasteiger charge is -2.24. The van der Waals surface area contributed by atoms with E-state index in [4.69, 9.17) is 0 Å². The van der Waals surface area contributed by atoms with E-state index in [2.05, 4.69) is 88.3 Å². The minimum atomic E-state index is 0.444. The molecule has 0 heteroatoms. The predicted octanol–water partition coefficient (Wildman–Crippen LogP) is 14.5. The van der Waals surface area contributed by atoms with E-state index in [-0.39, 0.29) is 0 Å². The maximum Gasteiger partial charge on any atom is -0.0296 e. The third-order valence-electron chi connectivity index (χ3n) is 9.85. The van der Waals surface area contributed by atoms with Gasteiger partial charge in [0.1, 0.15) is 0 Å². The average Bonchev–Trinajstić information content (AvgIpc) is 2.87. The van der Waals surface area contributed by atoms with Crippen molar-refractivity contribution in [1.82, 2.24) is 0 Å².